The van der Waals surface area contributed by atoms with E-state index in [0.717, 1.165) is 26.0 Å². The van der Waals surface area contributed by atoms with Crippen molar-refractivity contribution in [3.63, 3.8) is 0 Å². The maximum absolute atomic E-state index is 13.5. The normalized spacial score (nSPS) is 11.6. The minimum atomic E-state index is -2.36. The van der Waals surface area contributed by atoms with Crippen molar-refractivity contribution in [3.8, 4) is 28.7 Å². The molecule has 0 bridgehead atoms. The molecule has 0 saturated carbocycles. The number of benzene rings is 3. The Kier molecular flexibility index (Phi) is 12.2. The summed E-state index contributed by atoms with van der Waals surface area (Å²) in [6.45, 7) is 2.13. The first-order valence-electron chi connectivity index (χ1n) is 13.7. The van der Waals surface area contributed by atoms with Gasteiger partial charge in [-0.3, -0.25) is 14.4 Å². The largest absolute Gasteiger partial charge is 0.496 e. The number of carbonyl (C=O) groups excluding carboxylic acids is 5. The molecule has 0 radical (unpaired) electrons. The number of hydrogen-bond acceptors (Lipinski definition) is 13. The van der Waals surface area contributed by atoms with E-state index >= 15 is 0 Å². The molecule has 15 heteroatoms. The molecule has 0 saturated heterocycles. The Morgan fingerprint density at radius 3 is 1.55 bits per heavy atom. The summed E-state index contributed by atoms with van der Waals surface area (Å²) in [5, 5.41) is 12.5. The van der Waals surface area contributed by atoms with E-state index in [4.69, 9.17) is 33.2 Å². The predicted octanol–water partition coefficient (Wildman–Crippen LogP) is 2.71. The summed E-state index contributed by atoms with van der Waals surface area (Å²) in [4.78, 5) is 75.0. The van der Waals surface area contributed by atoms with Crippen LogP contribution in [-0.4, -0.2) is 74.4 Å². The molecule has 0 aromatic heterocycles. The number of aliphatic carboxylic acids is 1. The molecule has 0 aliphatic heterocycles. The van der Waals surface area contributed by atoms with Gasteiger partial charge < -0.3 is 43.6 Å². The van der Waals surface area contributed by atoms with Crippen LogP contribution < -0.4 is 29.0 Å². The van der Waals surface area contributed by atoms with Crippen LogP contribution in [0, 0.1) is 0 Å². The van der Waals surface area contributed by atoms with Gasteiger partial charge in [-0.2, -0.15) is 0 Å². The molecule has 0 aliphatic carbocycles. The monoisotopic (exact) mass is 653 g/mol. The van der Waals surface area contributed by atoms with Gasteiger partial charge in [-0.15, -0.1) is 0 Å². The fourth-order valence-electron chi connectivity index (χ4n) is 4.06. The van der Waals surface area contributed by atoms with Gasteiger partial charge in [0.25, 0.3) is 5.91 Å². The van der Waals surface area contributed by atoms with Crippen LogP contribution in [0.25, 0.3) is 0 Å². The van der Waals surface area contributed by atoms with Crippen molar-refractivity contribution in [2.24, 2.45) is 0 Å². The molecular formula is C32H31NO14. The van der Waals surface area contributed by atoms with Gasteiger partial charge in [0.1, 0.15) is 5.75 Å². The van der Waals surface area contributed by atoms with Crippen molar-refractivity contribution in [2.75, 3.05) is 21.3 Å². The van der Waals surface area contributed by atoms with Crippen LogP contribution in [0.3, 0.4) is 0 Å². The highest BCUT2D eigenvalue weighted by Gasteiger charge is 2.41. The van der Waals surface area contributed by atoms with E-state index < -0.39 is 48.0 Å². The number of amides is 1. The molecular weight excluding hydrogens is 622 g/mol. The number of nitrogens with one attached hydrogen (secondary N) is 1. The van der Waals surface area contributed by atoms with Crippen molar-refractivity contribution in [1.29, 1.82) is 0 Å². The number of rotatable bonds is 14. The summed E-state index contributed by atoms with van der Waals surface area (Å²) in [6, 6.07) is 13.7. The zero-order chi connectivity index (χ0) is 34.7. The third-order valence-corrected chi connectivity index (χ3v) is 6.20. The predicted molar refractivity (Wildman–Crippen MR) is 159 cm³/mol. The number of carboxylic acid groups (broad SMARTS) is 1. The second kappa shape index (κ2) is 16.3. The van der Waals surface area contributed by atoms with E-state index in [0.29, 0.717) is 11.3 Å². The molecule has 0 heterocycles. The van der Waals surface area contributed by atoms with Gasteiger partial charge in [0, 0.05) is 26.0 Å². The van der Waals surface area contributed by atoms with Crippen LogP contribution in [-0.2, 0) is 35.2 Å². The zero-order valence-corrected chi connectivity index (χ0v) is 25.9. The summed E-state index contributed by atoms with van der Waals surface area (Å²) >= 11 is 0. The molecule has 2 N–H and O–H groups in total. The van der Waals surface area contributed by atoms with Crippen LogP contribution in [0.2, 0.25) is 0 Å². The quantitative estimate of drug-likeness (QED) is 0.190. The maximum Gasteiger partial charge on any atom is 0.349 e. The van der Waals surface area contributed by atoms with Crippen molar-refractivity contribution >= 4 is 35.8 Å². The highest BCUT2D eigenvalue weighted by molar-refractivity contribution is 5.97. The molecule has 1 amide bonds. The van der Waals surface area contributed by atoms with Gasteiger partial charge in [-0.1, -0.05) is 18.2 Å². The summed E-state index contributed by atoms with van der Waals surface area (Å²) in [7, 11) is 3.91. The zero-order valence-electron chi connectivity index (χ0n) is 25.9. The molecule has 2 atom stereocenters. The molecule has 248 valence electrons. The number of para-hydroxylation sites is 1. The highest BCUT2D eigenvalue weighted by Crippen LogP contribution is 2.30. The Morgan fingerprint density at radius 1 is 0.638 bits per heavy atom. The van der Waals surface area contributed by atoms with Gasteiger partial charge in [-0.25, -0.2) is 14.4 Å². The fourth-order valence-corrected chi connectivity index (χ4v) is 4.06. The summed E-state index contributed by atoms with van der Waals surface area (Å²) < 4.78 is 36.1. The van der Waals surface area contributed by atoms with E-state index in [1.807, 2.05) is 0 Å². The number of hydrogen-bond donors (Lipinski definition) is 2. The van der Waals surface area contributed by atoms with Crippen LogP contribution in [0.1, 0.15) is 40.1 Å². The minimum absolute atomic E-state index is 0.0184. The van der Waals surface area contributed by atoms with Crippen molar-refractivity contribution < 1.29 is 67.0 Å². The number of carboxylic acids is 1. The lowest BCUT2D eigenvalue weighted by atomic mass is 10.1. The lowest BCUT2D eigenvalue weighted by Crippen LogP contribution is -2.50. The molecule has 0 spiro atoms. The Bertz CT molecular complexity index is 1670. The van der Waals surface area contributed by atoms with Crippen LogP contribution in [0.4, 0.5) is 0 Å². The third kappa shape index (κ3) is 9.43. The molecule has 3 aromatic carbocycles. The first kappa shape index (κ1) is 35.4. The molecule has 47 heavy (non-hydrogen) atoms. The molecule has 3 aromatic rings. The van der Waals surface area contributed by atoms with Crippen molar-refractivity contribution in [3.05, 3.63) is 77.4 Å². The van der Waals surface area contributed by atoms with E-state index in [1.54, 1.807) is 24.3 Å². The number of ether oxygens (including phenoxy) is 7. The third-order valence-electron chi connectivity index (χ3n) is 6.20. The van der Waals surface area contributed by atoms with Crippen LogP contribution in [0.5, 0.6) is 28.7 Å². The molecule has 3 rings (SSSR count). The standard InChI is InChI=1S/C32H31NO14/c1-17(34)44-23-12-10-19(14-25(23)42-4)31(39)46-27(29(36)33-16-21-8-6-7-9-22(21)41-3)28(30(37)38)47-32(40)20-11-13-24(45-18(2)35)26(15-20)43-5/h6-15,27-28H,16H2,1-5H3,(H,33,36)(H,37,38)/t27-,28-/m1/s1. The Hall–Kier alpha value is -6.12. The minimum Gasteiger partial charge on any atom is -0.496 e. The topological polar surface area (TPSA) is 199 Å². The molecule has 0 fully saturated rings. The maximum atomic E-state index is 13.5. The van der Waals surface area contributed by atoms with Gasteiger partial charge in [-0.05, 0) is 42.5 Å². The number of methoxy groups -OCH3 is 3. The van der Waals surface area contributed by atoms with Crippen LogP contribution >= 0.6 is 0 Å². The molecule has 0 unspecified atom stereocenters. The Balaban J connectivity index is 1.96. The summed E-state index contributed by atoms with van der Waals surface area (Å²) in [6.07, 6.45) is -4.58. The van der Waals surface area contributed by atoms with E-state index in [9.17, 15) is 33.9 Å². The van der Waals surface area contributed by atoms with Gasteiger partial charge in [0.05, 0.1) is 32.5 Å². The van der Waals surface area contributed by atoms with Gasteiger partial charge in [0.2, 0.25) is 12.2 Å². The second-order valence-corrected chi connectivity index (χ2v) is 9.44. The average molecular weight is 654 g/mol. The number of esters is 4. The van der Waals surface area contributed by atoms with Crippen molar-refractivity contribution in [1.82, 2.24) is 5.32 Å². The highest BCUT2D eigenvalue weighted by atomic mass is 16.6. The first-order valence-corrected chi connectivity index (χ1v) is 13.7. The SMILES string of the molecule is COc1ccccc1CNC(=O)[C@H](OC(=O)c1ccc(OC(C)=O)c(OC)c1)[C@@H](OC(=O)c1ccc(OC(C)=O)c(OC)c1)C(=O)O. The summed E-state index contributed by atoms with van der Waals surface area (Å²) in [5.41, 5.74) is 0.0407. The second-order valence-electron chi connectivity index (χ2n) is 9.44. The lowest BCUT2D eigenvalue weighted by molar-refractivity contribution is -0.159. The Morgan fingerprint density at radius 2 is 1.11 bits per heavy atom. The van der Waals surface area contributed by atoms with E-state index in [2.05, 4.69) is 5.32 Å². The number of carbonyl (C=O) groups is 6. The van der Waals surface area contributed by atoms with E-state index in [-0.39, 0.29) is 40.7 Å². The van der Waals surface area contributed by atoms with E-state index in [1.165, 1.54) is 45.6 Å². The smallest absolute Gasteiger partial charge is 0.349 e. The first-order chi connectivity index (χ1) is 22.4. The Labute approximate surface area is 268 Å². The molecule has 0 aliphatic rings. The summed E-state index contributed by atoms with van der Waals surface area (Å²) in [5.74, 6) is -6.44. The average Bonchev–Trinajstić information content (AvgIpc) is 3.04. The fraction of sp³-hybridized carbons (Fsp3) is 0.250. The van der Waals surface area contributed by atoms with Gasteiger partial charge >= 0.3 is 29.8 Å². The lowest BCUT2D eigenvalue weighted by Gasteiger charge is -2.24. The molecule has 15 nitrogen and oxygen atoms in total. The van der Waals surface area contributed by atoms with Gasteiger partial charge in [0.15, 0.2) is 23.0 Å². The van der Waals surface area contributed by atoms with Crippen molar-refractivity contribution in [2.45, 2.75) is 32.6 Å². The van der Waals surface area contributed by atoms with Crippen LogP contribution in [0.15, 0.2) is 60.7 Å².